The summed E-state index contributed by atoms with van der Waals surface area (Å²) in [6.07, 6.45) is 0. The summed E-state index contributed by atoms with van der Waals surface area (Å²) in [5.41, 5.74) is 0.722. The highest BCUT2D eigenvalue weighted by Gasteiger charge is 2.16. The molecule has 0 amide bonds. The van der Waals surface area contributed by atoms with Crippen molar-refractivity contribution in [2.45, 2.75) is 11.8 Å². The van der Waals surface area contributed by atoms with Gasteiger partial charge in [0.1, 0.15) is 0 Å². The number of nitrogens with one attached hydrogen (secondary N) is 2. The molecule has 0 aliphatic heterocycles. The molecule has 0 heterocycles. The van der Waals surface area contributed by atoms with E-state index in [1.54, 1.807) is 26.1 Å². The normalized spacial score (nSPS) is 11.7. The Morgan fingerprint density at radius 1 is 1.31 bits per heavy atom. The molecule has 0 spiro atoms. The first-order chi connectivity index (χ1) is 7.49. The van der Waals surface area contributed by atoms with Gasteiger partial charge in [-0.1, -0.05) is 22.0 Å². The second-order valence-electron chi connectivity index (χ2n) is 3.36. The molecule has 1 aromatic carbocycles. The summed E-state index contributed by atoms with van der Waals surface area (Å²) >= 11 is 3.32. The van der Waals surface area contributed by atoms with Crippen LogP contribution < -0.4 is 10.0 Å². The first-order valence-electron chi connectivity index (χ1n) is 4.88. The fraction of sp³-hybridized carbons (Fsp3) is 0.400. The van der Waals surface area contributed by atoms with Crippen molar-refractivity contribution >= 4 is 26.0 Å². The summed E-state index contributed by atoms with van der Waals surface area (Å²) in [5, 5.41) is 2.88. The monoisotopic (exact) mass is 306 g/mol. The Kier molecular flexibility index (Phi) is 4.91. The largest absolute Gasteiger partial charge is 0.318 e. The van der Waals surface area contributed by atoms with Crippen molar-refractivity contribution in [3.63, 3.8) is 0 Å². The summed E-state index contributed by atoms with van der Waals surface area (Å²) in [6.45, 7) is 2.76. The lowest BCUT2D eigenvalue weighted by Crippen LogP contribution is -2.30. The summed E-state index contributed by atoms with van der Waals surface area (Å²) in [7, 11) is -1.63. The molecule has 0 unspecified atom stereocenters. The third-order valence-electron chi connectivity index (χ3n) is 2.17. The minimum absolute atomic E-state index is 0.318. The topological polar surface area (TPSA) is 58.2 Å². The van der Waals surface area contributed by atoms with E-state index in [2.05, 4.69) is 26.0 Å². The summed E-state index contributed by atoms with van der Waals surface area (Å²) in [6, 6.07) is 5.13. The minimum Gasteiger partial charge on any atom is -0.318 e. The van der Waals surface area contributed by atoms with Crippen molar-refractivity contribution in [1.82, 2.24) is 10.0 Å². The quantitative estimate of drug-likeness (QED) is 0.805. The van der Waals surface area contributed by atoms with Crippen molar-refractivity contribution in [2.75, 3.05) is 20.1 Å². The number of benzene rings is 1. The summed E-state index contributed by atoms with van der Waals surface area (Å²) in [4.78, 5) is 0.318. The predicted octanol–water partition coefficient (Wildman–Crippen LogP) is 1.26. The average Bonchev–Trinajstić information content (AvgIpc) is 2.22. The number of rotatable bonds is 5. The fourth-order valence-electron chi connectivity index (χ4n) is 1.27. The van der Waals surface area contributed by atoms with Crippen molar-refractivity contribution < 1.29 is 8.42 Å². The van der Waals surface area contributed by atoms with Crippen molar-refractivity contribution in [3.8, 4) is 0 Å². The van der Waals surface area contributed by atoms with Gasteiger partial charge in [0.15, 0.2) is 0 Å². The number of likely N-dealkylation sites (N-methyl/N-ethyl adjacent to an activating group) is 1. The number of sulfonamides is 1. The molecule has 2 N–H and O–H groups in total. The molecule has 0 aliphatic carbocycles. The van der Waals surface area contributed by atoms with Gasteiger partial charge in [-0.2, -0.15) is 0 Å². The third-order valence-corrected chi connectivity index (χ3v) is 4.64. The second kappa shape index (κ2) is 5.77. The third kappa shape index (κ3) is 3.28. The van der Waals surface area contributed by atoms with Gasteiger partial charge in [-0.05, 0) is 31.7 Å². The summed E-state index contributed by atoms with van der Waals surface area (Å²) < 4.78 is 27.2. The van der Waals surface area contributed by atoms with Crippen LogP contribution in [-0.2, 0) is 10.0 Å². The molecular weight excluding hydrogens is 292 g/mol. The molecule has 0 fully saturated rings. The van der Waals surface area contributed by atoms with Crippen molar-refractivity contribution in [3.05, 3.63) is 28.2 Å². The average molecular weight is 307 g/mol. The van der Waals surface area contributed by atoms with E-state index in [0.29, 0.717) is 18.0 Å². The maximum Gasteiger partial charge on any atom is 0.240 e. The molecule has 6 heteroatoms. The maximum absolute atomic E-state index is 11.9. The van der Waals surface area contributed by atoms with Crippen LogP contribution in [0.2, 0.25) is 0 Å². The van der Waals surface area contributed by atoms with Crippen LogP contribution >= 0.6 is 15.9 Å². The Bertz CT molecular complexity index is 460. The van der Waals surface area contributed by atoms with Crippen LogP contribution in [0.25, 0.3) is 0 Å². The molecule has 0 aromatic heterocycles. The van der Waals surface area contributed by atoms with E-state index in [4.69, 9.17) is 0 Å². The van der Waals surface area contributed by atoms with E-state index < -0.39 is 10.0 Å². The van der Waals surface area contributed by atoms with Gasteiger partial charge in [-0.25, -0.2) is 13.1 Å². The molecule has 0 aliphatic rings. The highest BCUT2D eigenvalue weighted by atomic mass is 79.9. The van der Waals surface area contributed by atoms with Crippen LogP contribution in [0.4, 0.5) is 0 Å². The first-order valence-corrected chi connectivity index (χ1v) is 7.16. The van der Waals surface area contributed by atoms with E-state index >= 15 is 0 Å². The van der Waals surface area contributed by atoms with Crippen molar-refractivity contribution in [1.29, 1.82) is 0 Å². The number of hydrogen-bond acceptors (Lipinski definition) is 3. The second-order valence-corrected chi connectivity index (χ2v) is 5.95. The minimum atomic E-state index is -3.41. The van der Waals surface area contributed by atoms with E-state index in [0.717, 1.165) is 10.0 Å². The zero-order valence-electron chi connectivity index (χ0n) is 9.25. The smallest absolute Gasteiger partial charge is 0.240 e. The van der Waals surface area contributed by atoms with Crippen LogP contribution in [0.5, 0.6) is 0 Å². The Morgan fingerprint density at radius 2 is 2.00 bits per heavy atom. The van der Waals surface area contributed by atoms with Gasteiger partial charge in [-0.3, -0.25) is 0 Å². The Hall–Kier alpha value is -0.430. The van der Waals surface area contributed by atoms with Crippen LogP contribution in [0, 0.1) is 6.92 Å². The van der Waals surface area contributed by atoms with Gasteiger partial charge < -0.3 is 5.32 Å². The summed E-state index contributed by atoms with van der Waals surface area (Å²) in [5.74, 6) is 0. The lowest BCUT2D eigenvalue weighted by Gasteiger charge is -2.09. The van der Waals surface area contributed by atoms with E-state index in [1.807, 2.05) is 6.07 Å². The van der Waals surface area contributed by atoms with Gasteiger partial charge in [-0.15, -0.1) is 0 Å². The Morgan fingerprint density at radius 3 is 2.62 bits per heavy atom. The molecule has 16 heavy (non-hydrogen) atoms. The van der Waals surface area contributed by atoms with Crippen molar-refractivity contribution in [2.24, 2.45) is 0 Å². The van der Waals surface area contributed by atoms with Crippen LogP contribution in [0.15, 0.2) is 27.6 Å². The molecule has 0 saturated heterocycles. The Balaban J connectivity index is 2.94. The molecule has 0 bridgehead atoms. The van der Waals surface area contributed by atoms with Crippen LogP contribution in [0.3, 0.4) is 0 Å². The maximum atomic E-state index is 11.9. The standard InChI is InChI=1S/C10H15BrN2O2S/c1-8-9(11)4-3-5-10(8)16(14,15)13-7-6-12-2/h3-5,12-13H,6-7H2,1-2H3. The lowest BCUT2D eigenvalue weighted by molar-refractivity contribution is 0.579. The zero-order chi connectivity index (χ0) is 12.2. The first kappa shape index (κ1) is 13.6. The highest BCUT2D eigenvalue weighted by molar-refractivity contribution is 9.10. The van der Waals surface area contributed by atoms with E-state index in [1.165, 1.54) is 0 Å². The van der Waals surface area contributed by atoms with Gasteiger partial charge in [0.25, 0.3) is 0 Å². The molecule has 4 nitrogen and oxygen atoms in total. The highest BCUT2D eigenvalue weighted by Crippen LogP contribution is 2.22. The zero-order valence-corrected chi connectivity index (χ0v) is 11.7. The van der Waals surface area contributed by atoms with E-state index in [-0.39, 0.29) is 0 Å². The molecule has 1 aromatic rings. The molecular formula is C10H15BrN2O2S. The van der Waals surface area contributed by atoms with Gasteiger partial charge in [0.2, 0.25) is 10.0 Å². The van der Waals surface area contributed by atoms with Crippen LogP contribution in [0.1, 0.15) is 5.56 Å². The number of hydrogen-bond donors (Lipinski definition) is 2. The SMILES string of the molecule is CNCCNS(=O)(=O)c1cccc(Br)c1C. The lowest BCUT2D eigenvalue weighted by atomic mass is 10.2. The molecule has 0 atom stereocenters. The molecule has 1 rings (SSSR count). The fourth-order valence-corrected chi connectivity index (χ4v) is 3.06. The molecule has 0 saturated carbocycles. The number of halogens is 1. The van der Waals surface area contributed by atoms with Gasteiger partial charge >= 0.3 is 0 Å². The molecule has 0 radical (unpaired) electrons. The Labute approximate surface area is 105 Å². The van der Waals surface area contributed by atoms with Gasteiger partial charge in [0.05, 0.1) is 4.90 Å². The predicted molar refractivity (Wildman–Crippen MR) is 68.0 cm³/mol. The molecule has 90 valence electrons. The van der Waals surface area contributed by atoms with E-state index in [9.17, 15) is 8.42 Å². The van der Waals surface area contributed by atoms with Crippen LogP contribution in [-0.4, -0.2) is 28.6 Å². The van der Waals surface area contributed by atoms with Gasteiger partial charge in [0, 0.05) is 17.6 Å².